The van der Waals surface area contributed by atoms with Gasteiger partial charge in [0.2, 0.25) is 0 Å². The third-order valence-corrected chi connectivity index (χ3v) is 5.08. The number of hydrogen-bond acceptors (Lipinski definition) is 3. The van der Waals surface area contributed by atoms with Gasteiger partial charge in [-0.3, -0.25) is 4.90 Å². The van der Waals surface area contributed by atoms with E-state index in [1.54, 1.807) is 18.2 Å². The number of benzene rings is 2. The predicted octanol–water partition coefficient (Wildman–Crippen LogP) is 3.91. The highest BCUT2D eigenvalue weighted by molar-refractivity contribution is 5.41. The highest BCUT2D eigenvalue weighted by Crippen LogP contribution is 2.30. The first kappa shape index (κ1) is 16.8. The lowest BCUT2D eigenvalue weighted by Gasteiger charge is -2.35. The van der Waals surface area contributed by atoms with E-state index >= 15 is 0 Å². The molecule has 0 saturated heterocycles. The topological polar surface area (TPSA) is 43.7 Å². The molecule has 0 spiro atoms. The van der Waals surface area contributed by atoms with Crippen molar-refractivity contribution in [3.63, 3.8) is 0 Å². The van der Waals surface area contributed by atoms with Gasteiger partial charge in [0.25, 0.3) is 0 Å². The SMILES string of the molecule is CCCN(CCc1ccc(O)cc1)C1CCc2c(O)cccc2C1. The van der Waals surface area contributed by atoms with Crippen molar-refractivity contribution < 1.29 is 10.2 Å². The van der Waals surface area contributed by atoms with Gasteiger partial charge in [0, 0.05) is 12.6 Å². The maximum absolute atomic E-state index is 10.0. The molecule has 0 aromatic heterocycles. The Labute approximate surface area is 144 Å². The zero-order valence-electron chi connectivity index (χ0n) is 14.4. The summed E-state index contributed by atoms with van der Waals surface area (Å²) in [4.78, 5) is 2.60. The molecular weight excluding hydrogens is 298 g/mol. The van der Waals surface area contributed by atoms with E-state index in [1.165, 1.54) is 11.1 Å². The second-order valence-corrected chi connectivity index (χ2v) is 6.76. The van der Waals surface area contributed by atoms with Crippen LogP contribution in [-0.2, 0) is 19.3 Å². The molecule has 0 fully saturated rings. The summed E-state index contributed by atoms with van der Waals surface area (Å²) in [5.74, 6) is 0.782. The summed E-state index contributed by atoms with van der Waals surface area (Å²) >= 11 is 0. The Balaban J connectivity index is 1.66. The van der Waals surface area contributed by atoms with Crippen LogP contribution < -0.4 is 0 Å². The van der Waals surface area contributed by atoms with Gasteiger partial charge in [-0.1, -0.05) is 31.2 Å². The van der Waals surface area contributed by atoms with Crippen LogP contribution in [0, 0.1) is 0 Å². The summed E-state index contributed by atoms with van der Waals surface area (Å²) in [6.07, 6.45) is 5.26. The van der Waals surface area contributed by atoms with Gasteiger partial charge in [0.05, 0.1) is 0 Å². The van der Waals surface area contributed by atoms with Crippen molar-refractivity contribution >= 4 is 0 Å². The number of aromatic hydroxyl groups is 2. The van der Waals surface area contributed by atoms with E-state index in [1.807, 2.05) is 18.2 Å². The smallest absolute Gasteiger partial charge is 0.119 e. The van der Waals surface area contributed by atoms with Crippen LogP contribution in [0.1, 0.15) is 36.5 Å². The average Bonchev–Trinajstić information content (AvgIpc) is 2.60. The van der Waals surface area contributed by atoms with Gasteiger partial charge < -0.3 is 10.2 Å². The van der Waals surface area contributed by atoms with E-state index in [0.717, 1.165) is 50.8 Å². The number of phenols is 2. The predicted molar refractivity (Wildman–Crippen MR) is 97.6 cm³/mol. The lowest BCUT2D eigenvalue weighted by Crippen LogP contribution is -2.41. The minimum Gasteiger partial charge on any atom is -0.508 e. The monoisotopic (exact) mass is 325 g/mol. The van der Waals surface area contributed by atoms with Crippen molar-refractivity contribution in [3.8, 4) is 11.5 Å². The normalized spacial score (nSPS) is 17.0. The molecule has 2 aromatic carbocycles. The molecule has 1 unspecified atom stereocenters. The molecule has 2 aromatic rings. The fourth-order valence-corrected chi connectivity index (χ4v) is 3.78. The average molecular weight is 325 g/mol. The highest BCUT2D eigenvalue weighted by atomic mass is 16.3. The fourth-order valence-electron chi connectivity index (χ4n) is 3.78. The van der Waals surface area contributed by atoms with Gasteiger partial charge in [-0.25, -0.2) is 0 Å². The molecule has 0 saturated carbocycles. The third-order valence-electron chi connectivity index (χ3n) is 5.08. The number of nitrogens with zero attached hydrogens (tertiary/aromatic N) is 1. The molecule has 24 heavy (non-hydrogen) atoms. The maximum atomic E-state index is 10.0. The molecule has 3 rings (SSSR count). The van der Waals surface area contributed by atoms with E-state index in [9.17, 15) is 10.2 Å². The molecule has 2 N–H and O–H groups in total. The van der Waals surface area contributed by atoms with Crippen molar-refractivity contribution in [2.45, 2.75) is 45.1 Å². The van der Waals surface area contributed by atoms with Crippen LogP contribution in [0.25, 0.3) is 0 Å². The first-order valence-corrected chi connectivity index (χ1v) is 8.99. The molecule has 1 atom stereocenters. The quantitative estimate of drug-likeness (QED) is 0.846. The second kappa shape index (κ2) is 7.71. The molecule has 128 valence electrons. The first-order chi connectivity index (χ1) is 11.7. The van der Waals surface area contributed by atoms with Crippen LogP contribution in [-0.4, -0.2) is 34.2 Å². The molecule has 0 aliphatic heterocycles. The van der Waals surface area contributed by atoms with Gasteiger partial charge in [-0.05, 0) is 73.5 Å². The molecule has 3 nitrogen and oxygen atoms in total. The Bertz CT molecular complexity index is 666. The lowest BCUT2D eigenvalue weighted by molar-refractivity contribution is 0.181. The lowest BCUT2D eigenvalue weighted by atomic mass is 9.86. The van der Waals surface area contributed by atoms with Crippen molar-refractivity contribution in [3.05, 3.63) is 59.2 Å². The molecule has 1 aliphatic rings. The van der Waals surface area contributed by atoms with Crippen molar-refractivity contribution in [1.29, 1.82) is 0 Å². The Morgan fingerprint density at radius 3 is 2.58 bits per heavy atom. The summed E-state index contributed by atoms with van der Waals surface area (Å²) in [7, 11) is 0. The molecule has 3 heteroatoms. The standard InChI is InChI=1S/C21H27NO2/c1-2-13-22(14-12-16-6-9-19(23)10-7-16)18-8-11-20-17(15-18)4-3-5-21(20)24/h3-7,9-10,18,23-24H,2,8,11-15H2,1H3. The minimum absolute atomic E-state index is 0.327. The summed E-state index contributed by atoms with van der Waals surface area (Å²) in [5.41, 5.74) is 3.71. The first-order valence-electron chi connectivity index (χ1n) is 8.99. The Hall–Kier alpha value is -2.00. The Morgan fingerprint density at radius 2 is 1.83 bits per heavy atom. The summed E-state index contributed by atoms with van der Waals surface area (Å²) < 4.78 is 0. The van der Waals surface area contributed by atoms with E-state index in [-0.39, 0.29) is 0 Å². The summed E-state index contributed by atoms with van der Waals surface area (Å²) in [6, 6.07) is 14.0. The fraction of sp³-hybridized carbons (Fsp3) is 0.429. The number of hydrogen-bond donors (Lipinski definition) is 2. The van der Waals surface area contributed by atoms with E-state index in [0.29, 0.717) is 17.5 Å². The minimum atomic E-state index is 0.327. The second-order valence-electron chi connectivity index (χ2n) is 6.76. The van der Waals surface area contributed by atoms with Crippen LogP contribution in [0.5, 0.6) is 11.5 Å². The molecular formula is C21H27NO2. The third kappa shape index (κ3) is 3.90. The van der Waals surface area contributed by atoms with E-state index in [2.05, 4.69) is 17.9 Å². The molecule has 0 heterocycles. The van der Waals surface area contributed by atoms with Crippen LogP contribution in [0.3, 0.4) is 0 Å². The Morgan fingerprint density at radius 1 is 1.04 bits per heavy atom. The van der Waals surface area contributed by atoms with Gasteiger partial charge >= 0.3 is 0 Å². The molecule has 1 aliphatic carbocycles. The number of phenolic OH excluding ortho intramolecular Hbond substituents is 2. The van der Waals surface area contributed by atoms with Crippen LogP contribution in [0.15, 0.2) is 42.5 Å². The van der Waals surface area contributed by atoms with E-state index < -0.39 is 0 Å². The molecule has 0 bridgehead atoms. The van der Waals surface area contributed by atoms with Crippen LogP contribution in [0.2, 0.25) is 0 Å². The van der Waals surface area contributed by atoms with Gasteiger partial charge in [-0.15, -0.1) is 0 Å². The number of rotatable bonds is 6. The van der Waals surface area contributed by atoms with E-state index in [4.69, 9.17) is 0 Å². The Kier molecular flexibility index (Phi) is 5.41. The molecule has 0 radical (unpaired) electrons. The van der Waals surface area contributed by atoms with Crippen LogP contribution in [0.4, 0.5) is 0 Å². The van der Waals surface area contributed by atoms with Gasteiger partial charge in [0.1, 0.15) is 11.5 Å². The van der Waals surface area contributed by atoms with Crippen molar-refractivity contribution in [1.82, 2.24) is 4.90 Å². The van der Waals surface area contributed by atoms with Crippen LogP contribution >= 0.6 is 0 Å². The zero-order valence-corrected chi connectivity index (χ0v) is 14.4. The largest absolute Gasteiger partial charge is 0.508 e. The highest BCUT2D eigenvalue weighted by Gasteiger charge is 2.25. The summed E-state index contributed by atoms with van der Waals surface area (Å²) in [5, 5.41) is 19.4. The zero-order chi connectivity index (χ0) is 16.9. The van der Waals surface area contributed by atoms with Gasteiger partial charge in [-0.2, -0.15) is 0 Å². The summed E-state index contributed by atoms with van der Waals surface area (Å²) in [6.45, 7) is 4.38. The maximum Gasteiger partial charge on any atom is 0.119 e. The van der Waals surface area contributed by atoms with Crippen molar-refractivity contribution in [2.75, 3.05) is 13.1 Å². The van der Waals surface area contributed by atoms with Gasteiger partial charge in [0.15, 0.2) is 0 Å². The van der Waals surface area contributed by atoms with Crippen molar-refractivity contribution in [2.24, 2.45) is 0 Å². The molecule has 0 amide bonds. The number of fused-ring (bicyclic) bond motifs is 1.